The van der Waals surface area contributed by atoms with E-state index in [2.05, 4.69) is 5.32 Å². The van der Waals surface area contributed by atoms with E-state index < -0.39 is 5.97 Å². The van der Waals surface area contributed by atoms with Crippen molar-refractivity contribution >= 4 is 22.8 Å². The summed E-state index contributed by atoms with van der Waals surface area (Å²) in [6.07, 6.45) is 1.77. The van der Waals surface area contributed by atoms with Crippen LogP contribution in [0.2, 0.25) is 0 Å². The second-order valence-corrected chi connectivity index (χ2v) is 3.70. The van der Waals surface area contributed by atoms with Gasteiger partial charge in [-0.2, -0.15) is 0 Å². The van der Waals surface area contributed by atoms with Gasteiger partial charge in [-0.3, -0.25) is 4.79 Å². The zero-order valence-corrected chi connectivity index (χ0v) is 9.30. The Balaban J connectivity index is 2.41. The molecule has 5 nitrogen and oxygen atoms in total. The summed E-state index contributed by atoms with van der Waals surface area (Å²) >= 11 is 0. The van der Waals surface area contributed by atoms with Gasteiger partial charge >= 0.3 is 5.97 Å². The van der Waals surface area contributed by atoms with Crippen LogP contribution in [0.4, 0.5) is 0 Å². The van der Waals surface area contributed by atoms with E-state index in [1.165, 1.54) is 6.07 Å². The van der Waals surface area contributed by atoms with Gasteiger partial charge in [0.1, 0.15) is 6.54 Å². The van der Waals surface area contributed by atoms with Crippen LogP contribution in [0, 0.1) is 0 Å². The lowest BCUT2D eigenvalue weighted by molar-refractivity contribution is -0.121. The number of carbonyl (C=O) groups is 2. The molecule has 0 aliphatic heterocycles. The molecule has 17 heavy (non-hydrogen) atoms. The molecule has 0 aliphatic rings. The number of fused-ring (bicyclic) bond motifs is 1. The largest absolute Gasteiger partial charge is 0.478 e. The summed E-state index contributed by atoms with van der Waals surface area (Å²) in [5.41, 5.74) is 1.09. The summed E-state index contributed by atoms with van der Waals surface area (Å²) in [4.78, 5) is 22.1. The van der Waals surface area contributed by atoms with Crippen LogP contribution < -0.4 is 5.32 Å². The van der Waals surface area contributed by atoms with Crippen molar-refractivity contribution in [3.05, 3.63) is 36.0 Å². The molecule has 0 unspecified atom stereocenters. The van der Waals surface area contributed by atoms with Crippen molar-refractivity contribution in [2.75, 3.05) is 7.05 Å². The predicted octanol–water partition coefficient (Wildman–Crippen LogP) is 1.09. The first-order valence-electron chi connectivity index (χ1n) is 5.14. The molecule has 1 aromatic carbocycles. The van der Waals surface area contributed by atoms with Crippen LogP contribution in [-0.4, -0.2) is 28.6 Å². The van der Waals surface area contributed by atoms with Gasteiger partial charge in [0, 0.05) is 24.1 Å². The summed E-state index contributed by atoms with van der Waals surface area (Å²) in [6, 6.07) is 6.63. The molecular formula is C12H12N2O3. The van der Waals surface area contributed by atoms with Gasteiger partial charge in [0.2, 0.25) is 5.91 Å². The summed E-state index contributed by atoms with van der Waals surface area (Å²) in [6.45, 7) is 0.229. The van der Waals surface area contributed by atoms with Crippen molar-refractivity contribution in [3.8, 4) is 0 Å². The smallest absolute Gasteiger partial charge is 0.335 e. The van der Waals surface area contributed by atoms with E-state index in [0.717, 1.165) is 10.9 Å². The molecule has 1 aromatic heterocycles. The molecule has 2 aromatic rings. The Labute approximate surface area is 97.7 Å². The second kappa shape index (κ2) is 4.29. The monoisotopic (exact) mass is 232 g/mol. The van der Waals surface area contributed by atoms with Gasteiger partial charge in [-0.05, 0) is 24.3 Å². The molecule has 0 saturated carbocycles. The van der Waals surface area contributed by atoms with E-state index in [1.807, 2.05) is 0 Å². The normalized spacial score (nSPS) is 10.4. The van der Waals surface area contributed by atoms with Gasteiger partial charge in [0.15, 0.2) is 0 Å². The van der Waals surface area contributed by atoms with Gasteiger partial charge in [-0.1, -0.05) is 0 Å². The fraction of sp³-hybridized carbons (Fsp3) is 0.167. The maximum absolute atomic E-state index is 11.3. The van der Waals surface area contributed by atoms with Crippen LogP contribution in [0.3, 0.4) is 0 Å². The van der Waals surface area contributed by atoms with E-state index in [1.54, 1.807) is 36.0 Å². The van der Waals surface area contributed by atoms with E-state index in [0.29, 0.717) is 0 Å². The van der Waals surface area contributed by atoms with Crippen molar-refractivity contribution in [2.24, 2.45) is 0 Å². The number of hydrogen-bond acceptors (Lipinski definition) is 2. The van der Waals surface area contributed by atoms with Crippen LogP contribution in [0.25, 0.3) is 10.9 Å². The van der Waals surface area contributed by atoms with Crippen molar-refractivity contribution in [1.82, 2.24) is 9.88 Å². The predicted molar refractivity (Wildman–Crippen MR) is 63.0 cm³/mol. The number of nitrogens with zero attached hydrogens (tertiary/aromatic N) is 1. The average Bonchev–Trinajstić information content (AvgIpc) is 2.71. The maximum Gasteiger partial charge on any atom is 0.335 e. The van der Waals surface area contributed by atoms with Crippen LogP contribution in [0.5, 0.6) is 0 Å². The SMILES string of the molecule is CNC(=O)Cn1ccc2cc(C(=O)O)ccc21. The van der Waals surface area contributed by atoms with E-state index >= 15 is 0 Å². The highest BCUT2D eigenvalue weighted by molar-refractivity contribution is 5.94. The van der Waals surface area contributed by atoms with Gasteiger partial charge < -0.3 is 15.0 Å². The van der Waals surface area contributed by atoms with Crippen molar-refractivity contribution < 1.29 is 14.7 Å². The zero-order valence-electron chi connectivity index (χ0n) is 9.30. The molecular weight excluding hydrogens is 220 g/mol. The Morgan fingerprint density at radius 3 is 2.76 bits per heavy atom. The van der Waals surface area contributed by atoms with Crippen molar-refractivity contribution in [3.63, 3.8) is 0 Å². The van der Waals surface area contributed by atoms with Crippen molar-refractivity contribution in [1.29, 1.82) is 0 Å². The molecule has 5 heteroatoms. The Morgan fingerprint density at radius 2 is 2.12 bits per heavy atom. The number of amides is 1. The molecule has 0 radical (unpaired) electrons. The molecule has 0 saturated heterocycles. The molecule has 2 N–H and O–H groups in total. The molecule has 0 spiro atoms. The highest BCUT2D eigenvalue weighted by Gasteiger charge is 2.08. The minimum atomic E-state index is -0.953. The molecule has 0 atom stereocenters. The fourth-order valence-electron chi connectivity index (χ4n) is 1.70. The van der Waals surface area contributed by atoms with E-state index in [4.69, 9.17) is 5.11 Å². The molecule has 0 fully saturated rings. The van der Waals surface area contributed by atoms with Crippen molar-refractivity contribution in [2.45, 2.75) is 6.54 Å². The molecule has 0 bridgehead atoms. The number of rotatable bonds is 3. The number of carboxylic acids is 1. The summed E-state index contributed by atoms with van der Waals surface area (Å²) < 4.78 is 1.78. The minimum Gasteiger partial charge on any atom is -0.478 e. The number of aromatic carboxylic acids is 1. The lowest BCUT2D eigenvalue weighted by Gasteiger charge is -2.04. The minimum absolute atomic E-state index is 0.0928. The first kappa shape index (κ1) is 11.2. The third-order valence-corrected chi connectivity index (χ3v) is 2.61. The maximum atomic E-state index is 11.3. The first-order chi connectivity index (χ1) is 8.11. The lowest BCUT2D eigenvalue weighted by Crippen LogP contribution is -2.22. The quantitative estimate of drug-likeness (QED) is 0.832. The topological polar surface area (TPSA) is 71.3 Å². The van der Waals surface area contributed by atoms with Crippen LogP contribution in [-0.2, 0) is 11.3 Å². The van der Waals surface area contributed by atoms with E-state index in [-0.39, 0.29) is 18.0 Å². The Morgan fingerprint density at radius 1 is 1.35 bits per heavy atom. The Kier molecular flexibility index (Phi) is 2.82. The van der Waals surface area contributed by atoms with Gasteiger partial charge in [-0.25, -0.2) is 4.79 Å². The number of carboxylic acid groups (broad SMARTS) is 1. The number of nitrogens with one attached hydrogen (secondary N) is 1. The highest BCUT2D eigenvalue weighted by Crippen LogP contribution is 2.17. The molecule has 2 rings (SSSR count). The first-order valence-corrected chi connectivity index (χ1v) is 5.14. The van der Waals surface area contributed by atoms with E-state index in [9.17, 15) is 9.59 Å². The number of benzene rings is 1. The van der Waals surface area contributed by atoms with Gasteiger partial charge in [-0.15, -0.1) is 0 Å². The lowest BCUT2D eigenvalue weighted by atomic mass is 10.1. The Bertz CT molecular complexity index is 586. The van der Waals surface area contributed by atoms with Crippen LogP contribution in [0.15, 0.2) is 30.5 Å². The highest BCUT2D eigenvalue weighted by atomic mass is 16.4. The molecule has 0 aliphatic carbocycles. The average molecular weight is 232 g/mol. The fourth-order valence-corrected chi connectivity index (χ4v) is 1.70. The molecule has 1 amide bonds. The molecule has 1 heterocycles. The van der Waals surface area contributed by atoms with Gasteiger partial charge in [0.25, 0.3) is 0 Å². The van der Waals surface area contributed by atoms with Crippen LogP contribution in [0.1, 0.15) is 10.4 Å². The van der Waals surface area contributed by atoms with Crippen LogP contribution >= 0.6 is 0 Å². The summed E-state index contributed by atoms with van der Waals surface area (Å²) in [7, 11) is 1.58. The number of aromatic nitrogens is 1. The number of likely N-dealkylation sites (N-methyl/N-ethyl adjacent to an activating group) is 1. The summed E-state index contributed by atoms with van der Waals surface area (Å²) in [5, 5.41) is 12.2. The third kappa shape index (κ3) is 2.13. The number of carbonyl (C=O) groups excluding carboxylic acids is 1. The number of hydrogen-bond donors (Lipinski definition) is 2. The standard InChI is InChI=1S/C12H12N2O3/c1-13-11(15)7-14-5-4-8-6-9(12(16)17)2-3-10(8)14/h2-6H,7H2,1H3,(H,13,15)(H,16,17). The second-order valence-electron chi connectivity index (χ2n) is 3.70. The van der Waals surface area contributed by atoms with Gasteiger partial charge in [0.05, 0.1) is 5.56 Å². The zero-order chi connectivity index (χ0) is 12.4. The third-order valence-electron chi connectivity index (χ3n) is 2.61. The summed E-state index contributed by atoms with van der Waals surface area (Å²) in [5.74, 6) is -1.05. The Hall–Kier alpha value is -2.30. The molecule has 88 valence electrons.